The molecule has 0 atom stereocenters. The Balaban J connectivity index is 1.39. The SMILES string of the molecule is CC(=O)ON=C(CCSc1ccc(Cl)cc1)C(=O)c1ccc(Cc2ccc(C(=O)c3ccccc3C)cc2)cc1. The first-order valence-corrected chi connectivity index (χ1v) is 14.1. The van der Waals surface area contributed by atoms with Gasteiger partial charge in [-0.25, -0.2) is 4.79 Å². The Kier molecular flexibility index (Phi) is 10.1. The van der Waals surface area contributed by atoms with Gasteiger partial charge in [-0.1, -0.05) is 89.6 Å². The summed E-state index contributed by atoms with van der Waals surface area (Å²) in [4.78, 5) is 43.2. The summed E-state index contributed by atoms with van der Waals surface area (Å²) in [6.45, 7) is 3.18. The number of ketones is 2. The van der Waals surface area contributed by atoms with Crippen LogP contribution < -0.4 is 0 Å². The lowest BCUT2D eigenvalue weighted by Gasteiger charge is -2.08. The maximum absolute atomic E-state index is 13.2. The molecule has 0 saturated heterocycles. The van der Waals surface area contributed by atoms with Crippen LogP contribution in [0.1, 0.15) is 56.3 Å². The Morgan fingerprint density at radius 1 is 0.800 bits per heavy atom. The highest BCUT2D eigenvalue weighted by atomic mass is 35.5. The van der Waals surface area contributed by atoms with Crippen LogP contribution in [-0.2, 0) is 16.1 Å². The van der Waals surface area contributed by atoms with Crippen molar-refractivity contribution >= 4 is 46.6 Å². The molecule has 0 radical (unpaired) electrons. The molecule has 0 fully saturated rings. The van der Waals surface area contributed by atoms with Crippen LogP contribution in [0.2, 0.25) is 5.02 Å². The maximum Gasteiger partial charge on any atom is 0.331 e. The molecule has 4 aromatic carbocycles. The number of nitrogens with zero attached hydrogens (tertiary/aromatic N) is 1. The molecule has 202 valence electrons. The number of thioether (sulfide) groups is 1. The van der Waals surface area contributed by atoms with Crippen LogP contribution in [0.25, 0.3) is 0 Å². The number of rotatable bonds is 11. The minimum Gasteiger partial charge on any atom is -0.318 e. The molecule has 0 aliphatic rings. The van der Waals surface area contributed by atoms with Crippen molar-refractivity contribution in [2.45, 2.75) is 31.6 Å². The van der Waals surface area contributed by atoms with E-state index in [0.29, 0.717) is 40.3 Å². The number of benzene rings is 4. The smallest absolute Gasteiger partial charge is 0.318 e. The van der Waals surface area contributed by atoms with Gasteiger partial charge in [-0.3, -0.25) is 9.59 Å². The Labute approximate surface area is 243 Å². The predicted octanol–water partition coefficient (Wildman–Crippen LogP) is 7.75. The molecule has 0 heterocycles. The van der Waals surface area contributed by atoms with Gasteiger partial charge in [-0.05, 0) is 54.3 Å². The average Bonchev–Trinajstić information content (AvgIpc) is 2.96. The zero-order valence-corrected chi connectivity index (χ0v) is 23.8. The molecule has 0 aliphatic heterocycles. The molecule has 40 heavy (non-hydrogen) atoms. The molecule has 4 aromatic rings. The summed E-state index contributed by atoms with van der Waals surface area (Å²) in [5.74, 6) is -0.292. The molecule has 0 N–H and O–H groups in total. The van der Waals surface area contributed by atoms with E-state index in [4.69, 9.17) is 16.4 Å². The van der Waals surface area contributed by atoms with Crippen molar-refractivity contribution in [2.75, 3.05) is 5.75 Å². The van der Waals surface area contributed by atoms with E-state index in [1.54, 1.807) is 23.9 Å². The molecule has 4 rings (SSSR count). The van der Waals surface area contributed by atoms with E-state index < -0.39 is 5.97 Å². The maximum atomic E-state index is 13.2. The minimum atomic E-state index is -0.586. The molecule has 5 nitrogen and oxygen atoms in total. The fraction of sp³-hybridized carbons (Fsp3) is 0.152. The van der Waals surface area contributed by atoms with Crippen molar-refractivity contribution in [1.29, 1.82) is 0 Å². The number of oxime groups is 1. The predicted molar refractivity (Wildman–Crippen MR) is 161 cm³/mol. The Morgan fingerprint density at radius 2 is 1.40 bits per heavy atom. The topological polar surface area (TPSA) is 72.8 Å². The van der Waals surface area contributed by atoms with Gasteiger partial charge in [-0.2, -0.15) is 0 Å². The molecule has 0 unspecified atom stereocenters. The van der Waals surface area contributed by atoms with Gasteiger partial charge >= 0.3 is 5.97 Å². The summed E-state index contributed by atoms with van der Waals surface area (Å²) in [5, 5.41) is 4.50. The Bertz CT molecular complexity index is 1530. The lowest BCUT2D eigenvalue weighted by molar-refractivity contribution is -0.140. The third-order valence-electron chi connectivity index (χ3n) is 6.20. The van der Waals surface area contributed by atoms with Gasteiger partial charge in [0.1, 0.15) is 5.71 Å². The monoisotopic (exact) mass is 569 g/mol. The molecule has 7 heteroatoms. The first-order valence-electron chi connectivity index (χ1n) is 12.8. The van der Waals surface area contributed by atoms with Gasteiger partial charge in [0, 0.05) is 45.7 Å². The summed E-state index contributed by atoms with van der Waals surface area (Å²) in [6.07, 6.45) is 0.980. The third-order valence-corrected chi connectivity index (χ3v) is 7.46. The zero-order chi connectivity index (χ0) is 28.5. The van der Waals surface area contributed by atoms with Crippen LogP contribution in [0.3, 0.4) is 0 Å². The van der Waals surface area contributed by atoms with Gasteiger partial charge in [0.05, 0.1) is 0 Å². The van der Waals surface area contributed by atoms with Crippen LogP contribution in [0, 0.1) is 6.92 Å². The highest BCUT2D eigenvalue weighted by Gasteiger charge is 2.16. The van der Waals surface area contributed by atoms with Crippen molar-refractivity contribution in [3.05, 3.63) is 135 Å². The van der Waals surface area contributed by atoms with E-state index in [-0.39, 0.29) is 17.3 Å². The van der Waals surface area contributed by atoms with Crippen molar-refractivity contribution in [2.24, 2.45) is 5.16 Å². The summed E-state index contributed by atoms with van der Waals surface area (Å²) >= 11 is 7.50. The first kappa shape index (κ1) is 29.0. The van der Waals surface area contributed by atoms with Gasteiger partial charge in [0.25, 0.3) is 0 Å². The number of Topliss-reactive ketones (excluding diaryl/α,β-unsaturated/α-hetero) is 1. The standard InChI is InChI=1S/C33H28ClNO4S/c1-22-5-3-4-6-30(22)32(37)26-11-7-24(8-12-26)21-25-9-13-27(14-10-25)33(38)31(35-39-23(2)36)19-20-40-29-17-15-28(34)16-18-29/h3-18H,19-21H2,1-2H3. The quantitative estimate of drug-likeness (QED) is 0.0607. The summed E-state index contributed by atoms with van der Waals surface area (Å²) in [7, 11) is 0. The second-order valence-corrected chi connectivity index (χ2v) is 10.8. The molecule has 0 aliphatic carbocycles. The fourth-order valence-corrected chi connectivity index (χ4v) is 5.04. The lowest BCUT2D eigenvalue weighted by Crippen LogP contribution is -2.16. The van der Waals surface area contributed by atoms with E-state index in [9.17, 15) is 14.4 Å². The van der Waals surface area contributed by atoms with Crippen molar-refractivity contribution in [3.8, 4) is 0 Å². The highest BCUT2D eigenvalue weighted by molar-refractivity contribution is 7.99. The zero-order valence-electron chi connectivity index (χ0n) is 22.2. The first-order chi connectivity index (χ1) is 19.3. The number of halogens is 1. The van der Waals surface area contributed by atoms with Gasteiger partial charge < -0.3 is 4.84 Å². The van der Waals surface area contributed by atoms with E-state index in [2.05, 4.69) is 5.16 Å². The van der Waals surface area contributed by atoms with E-state index in [1.165, 1.54) is 6.92 Å². The second kappa shape index (κ2) is 13.9. The Morgan fingerprint density at radius 3 is 2.00 bits per heavy atom. The van der Waals surface area contributed by atoms with Crippen LogP contribution in [0.5, 0.6) is 0 Å². The molecule has 0 spiro atoms. The van der Waals surface area contributed by atoms with Gasteiger partial charge in [-0.15, -0.1) is 11.8 Å². The number of hydrogen-bond donors (Lipinski definition) is 0. The number of hydrogen-bond acceptors (Lipinski definition) is 6. The van der Waals surface area contributed by atoms with Crippen LogP contribution >= 0.6 is 23.4 Å². The minimum absolute atomic E-state index is 0.00491. The van der Waals surface area contributed by atoms with Crippen LogP contribution in [-0.4, -0.2) is 29.0 Å². The summed E-state index contributed by atoms with van der Waals surface area (Å²) in [6, 6.07) is 29.9. The molecular formula is C33H28ClNO4S. The number of carbonyl (C=O) groups excluding carboxylic acids is 3. The average molecular weight is 570 g/mol. The molecular weight excluding hydrogens is 542 g/mol. The third kappa shape index (κ3) is 8.01. The van der Waals surface area contributed by atoms with E-state index >= 15 is 0 Å². The molecule has 0 amide bonds. The normalized spacial score (nSPS) is 11.2. The van der Waals surface area contributed by atoms with Crippen molar-refractivity contribution in [1.82, 2.24) is 0 Å². The van der Waals surface area contributed by atoms with Gasteiger partial charge in [0.2, 0.25) is 5.78 Å². The summed E-state index contributed by atoms with van der Waals surface area (Å²) in [5.41, 5.74) is 5.02. The highest BCUT2D eigenvalue weighted by Crippen LogP contribution is 2.22. The van der Waals surface area contributed by atoms with Crippen molar-refractivity contribution in [3.63, 3.8) is 0 Å². The summed E-state index contributed by atoms with van der Waals surface area (Å²) < 4.78 is 0. The largest absolute Gasteiger partial charge is 0.331 e. The fourth-order valence-electron chi connectivity index (χ4n) is 4.05. The number of aryl methyl sites for hydroxylation is 1. The van der Waals surface area contributed by atoms with E-state index in [0.717, 1.165) is 21.6 Å². The molecule has 0 bridgehead atoms. The van der Waals surface area contributed by atoms with E-state index in [1.807, 2.05) is 91.9 Å². The second-order valence-electron chi connectivity index (χ2n) is 9.22. The Hall–Kier alpha value is -4.00. The molecule has 0 saturated carbocycles. The lowest BCUT2D eigenvalue weighted by atomic mass is 9.96. The number of carbonyl (C=O) groups is 3. The van der Waals surface area contributed by atoms with Crippen LogP contribution in [0.4, 0.5) is 0 Å². The van der Waals surface area contributed by atoms with Crippen molar-refractivity contribution < 1.29 is 19.2 Å². The van der Waals surface area contributed by atoms with Crippen LogP contribution in [0.15, 0.2) is 107 Å². The van der Waals surface area contributed by atoms with Gasteiger partial charge in [0.15, 0.2) is 5.78 Å². The molecule has 0 aromatic heterocycles.